The van der Waals surface area contributed by atoms with Crippen molar-refractivity contribution < 1.29 is 0 Å². The van der Waals surface area contributed by atoms with Gasteiger partial charge in [-0.1, -0.05) is 43.5 Å². The molecule has 1 atom stereocenters. The van der Waals surface area contributed by atoms with Gasteiger partial charge in [-0.05, 0) is 33.6 Å². The molecule has 0 spiro atoms. The molecule has 0 aromatic rings. The van der Waals surface area contributed by atoms with E-state index in [-0.39, 0.29) is 4.32 Å². The van der Waals surface area contributed by atoms with Crippen molar-refractivity contribution in [2.75, 3.05) is 0 Å². The van der Waals surface area contributed by atoms with Crippen molar-refractivity contribution in [3.05, 3.63) is 11.6 Å². The van der Waals surface area contributed by atoms with Crippen LogP contribution in [-0.4, -0.2) is 9.15 Å². The zero-order chi connectivity index (χ0) is 11.2. The lowest BCUT2D eigenvalue weighted by Gasteiger charge is -2.23. The number of nitriles is 1. The highest BCUT2D eigenvalue weighted by molar-refractivity contribution is 9.12. The Kier molecular flexibility index (Phi) is 6.72. The number of rotatable bonds is 5. The van der Waals surface area contributed by atoms with Crippen LogP contribution in [-0.2, 0) is 0 Å². The summed E-state index contributed by atoms with van der Waals surface area (Å²) >= 11 is 7.28. The number of hydrogen-bond donors (Lipinski definition) is 0. The van der Waals surface area contributed by atoms with Crippen molar-refractivity contribution in [2.24, 2.45) is 0 Å². The van der Waals surface area contributed by atoms with Crippen molar-refractivity contribution in [2.45, 2.75) is 49.2 Å². The van der Waals surface area contributed by atoms with Crippen molar-refractivity contribution in [1.29, 1.82) is 5.26 Å². The molecule has 0 aliphatic heterocycles. The maximum atomic E-state index is 8.41. The molecule has 0 aromatic heterocycles. The van der Waals surface area contributed by atoms with Crippen LogP contribution in [0.5, 0.6) is 0 Å². The topological polar surface area (TPSA) is 23.8 Å². The first-order valence-electron chi connectivity index (χ1n) is 4.73. The molecule has 0 aliphatic rings. The number of nitrogens with zero attached hydrogens (tertiary/aromatic N) is 1. The van der Waals surface area contributed by atoms with Gasteiger partial charge in [0.15, 0.2) is 0 Å². The van der Waals surface area contributed by atoms with Crippen molar-refractivity contribution in [3.63, 3.8) is 0 Å². The first-order valence-corrected chi connectivity index (χ1v) is 6.44. The zero-order valence-corrected chi connectivity index (χ0v) is 12.2. The Bertz CT molecular complexity index is 233. The highest BCUT2D eigenvalue weighted by Gasteiger charge is 2.23. The fourth-order valence-corrected chi connectivity index (χ4v) is 1.48. The summed E-state index contributed by atoms with van der Waals surface area (Å²) in [5.41, 5.74) is 1.30. The lowest BCUT2D eigenvalue weighted by Crippen LogP contribution is -2.23. The molecule has 0 aliphatic carbocycles. The molecule has 14 heavy (non-hydrogen) atoms. The molecule has 0 rings (SSSR count). The van der Waals surface area contributed by atoms with Gasteiger partial charge in [0.1, 0.15) is 0 Å². The first-order chi connectivity index (χ1) is 6.38. The minimum absolute atomic E-state index is 0.127. The molecule has 0 N–H and O–H groups in total. The van der Waals surface area contributed by atoms with Crippen molar-refractivity contribution in [3.8, 4) is 6.07 Å². The molecule has 0 amide bonds. The molecule has 80 valence electrons. The number of allylic oxidation sites excluding steroid dienone is 2. The Morgan fingerprint density at radius 2 is 2.14 bits per heavy atom. The fraction of sp³-hybridized carbons (Fsp3) is 0.727. The van der Waals surface area contributed by atoms with Crippen LogP contribution in [0.3, 0.4) is 0 Å². The van der Waals surface area contributed by atoms with Crippen LogP contribution in [0, 0.1) is 11.3 Å². The quantitative estimate of drug-likeness (QED) is 0.537. The zero-order valence-electron chi connectivity index (χ0n) is 8.98. The van der Waals surface area contributed by atoms with Crippen molar-refractivity contribution >= 4 is 31.9 Å². The molecule has 0 bridgehead atoms. The number of hydrogen-bond acceptors (Lipinski definition) is 1. The van der Waals surface area contributed by atoms with Gasteiger partial charge < -0.3 is 0 Å². The van der Waals surface area contributed by atoms with Crippen LogP contribution < -0.4 is 0 Å². The Balaban J connectivity index is 3.90. The third-order valence-corrected chi connectivity index (χ3v) is 4.85. The lowest BCUT2D eigenvalue weighted by atomic mass is 10.0. The van der Waals surface area contributed by atoms with Gasteiger partial charge in [-0.2, -0.15) is 5.26 Å². The molecule has 1 nitrogen and oxygen atoms in total. The second-order valence-corrected chi connectivity index (χ2v) is 7.13. The van der Waals surface area contributed by atoms with E-state index in [4.69, 9.17) is 5.26 Å². The summed E-state index contributed by atoms with van der Waals surface area (Å²) in [6, 6.07) is 2.12. The average Bonchev–Trinajstić information content (AvgIpc) is 2.09. The van der Waals surface area contributed by atoms with Gasteiger partial charge in [0.2, 0.25) is 0 Å². The van der Waals surface area contributed by atoms with E-state index in [1.165, 1.54) is 5.57 Å². The van der Waals surface area contributed by atoms with Crippen LogP contribution in [0.1, 0.15) is 40.0 Å². The highest BCUT2D eigenvalue weighted by Crippen LogP contribution is 2.31. The average molecular weight is 323 g/mol. The first kappa shape index (κ1) is 14.2. The minimum Gasteiger partial charge on any atom is -0.198 e. The monoisotopic (exact) mass is 321 g/mol. The summed E-state index contributed by atoms with van der Waals surface area (Å²) in [5.74, 6) is 0. The predicted octanol–water partition coefficient (Wildman–Crippen LogP) is 4.56. The van der Waals surface area contributed by atoms with E-state index in [9.17, 15) is 0 Å². The van der Waals surface area contributed by atoms with Crippen LogP contribution in [0.2, 0.25) is 0 Å². The third kappa shape index (κ3) is 6.62. The molecular formula is C11H17Br2N. The Hall–Kier alpha value is 0.190. The largest absolute Gasteiger partial charge is 0.198 e. The number of halogens is 2. The second kappa shape index (κ2) is 6.63. The maximum absolute atomic E-state index is 8.41. The van der Waals surface area contributed by atoms with Crippen LogP contribution in [0.15, 0.2) is 11.6 Å². The van der Waals surface area contributed by atoms with E-state index < -0.39 is 0 Å². The molecule has 0 aromatic carbocycles. The number of alkyl halides is 2. The van der Waals surface area contributed by atoms with E-state index >= 15 is 0 Å². The van der Waals surface area contributed by atoms with E-state index in [0.29, 0.717) is 11.2 Å². The van der Waals surface area contributed by atoms with Gasteiger partial charge in [0.25, 0.3) is 0 Å². The molecule has 0 heterocycles. The standard InChI is InChI=1S/C11H17Br2N/c1-9(5-4-8-14)6-7-10(12)11(2,3)13/h5,10H,4,6-7H2,1-3H3. The van der Waals surface area contributed by atoms with E-state index in [0.717, 1.165) is 12.8 Å². The minimum atomic E-state index is 0.127. The lowest BCUT2D eigenvalue weighted by molar-refractivity contribution is 0.637. The van der Waals surface area contributed by atoms with E-state index in [2.05, 4.69) is 58.7 Å². The normalized spacial score (nSPS) is 15.0. The molecule has 0 radical (unpaired) electrons. The van der Waals surface area contributed by atoms with Crippen LogP contribution in [0.25, 0.3) is 0 Å². The molecule has 0 fully saturated rings. The molecular weight excluding hydrogens is 306 g/mol. The second-order valence-electron chi connectivity index (χ2n) is 3.98. The maximum Gasteiger partial charge on any atom is 0.0663 e. The fourth-order valence-electron chi connectivity index (χ4n) is 1.02. The van der Waals surface area contributed by atoms with Crippen molar-refractivity contribution in [1.82, 2.24) is 0 Å². The van der Waals surface area contributed by atoms with Gasteiger partial charge in [-0.15, -0.1) is 0 Å². The summed E-state index contributed by atoms with van der Waals surface area (Å²) in [6.45, 7) is 6.39. The summed E-state index contributed by atoms with van der Waals surface area (Å²) in [5, 5.41) is 8.41. The van der Waals surface area contributed by atoms with Gasteiger partial charge >= 0.3 is 0 Å². The highest BCUT2D eigenvalue weighted by atomic mass is 79.9. The summed E-state index contributed by atoms with van der Waals surface area (Å²) in [4.78, 5) is 0.459. The summed E-state index contributed by atoms with van der Waals surface area (Å²) in [6.07, 6.45) is 4.66. The molecule has 0 saturated carbocycles. The van der Waals surface area contributed by atoms with Crippen LogP contribution >= 0.6 is 31.9 Å². The smallest absolute Gasteiger partial charge is 0.0663 e. The predicted molar refractivity (Wildman–Crippen MR) is 68.9 cm³/mol. The molecule has 3 heteroatoms. The Morgan fingerprint density at radius 3 is 2.57 bits per heavy atom. The Morgan fingerprint density at radius 1 is 1.57 bits per heavy atom. The van der Waals surface area contributed by atoms with Crippen LogP contribution in [0.4, 0.5) is 0 Å². The van der Waals surface area contributed by atoms with Gasteiger partial charge in [-0.3, -0.25) is 0 Å². The summed E-state index contributed by atoms with van der Waals surface area (Å²) < 4.78 is 0.127. The van der Waals surface area contributed by atoms with Gasteiger partial charge in [0.05, 0.1) is 12.5 Å². The SMILES string of the molecule is CC(=CCC#N)CCC(Br)C(C)(C)Br. The molecule has 0 saturated heterocycles. The van der Waals surface area contributed by atoms with E-state index in [1.54, 1.807) is 0 Å². The van der Waals surface area contributed by atoms with Gasteiger partial charge in [0, 0.05) is 9.15 Å². The molecule has 1 unspecified atom stereocenters. The van der Waals surface area contributed by atoms with E-state index in [1.807, 2.05) is 6.08 Å². The third-order valence-electron chi connectivity index (χ3n) is 2.08. The summed E-state index contributed by atoms with van der Waals surface area (Å²) in [7, 11) is 0. The van der Waals surface area contributed by atoms with Gasteiger partial charge in [-0.25, -0.2) is 0 Å². The Labute approximate surface area is 104 Å².